The van der Waals surface area contributed by atoms with Gasteiger partial charge in [0.2, 0.25) is 23.6 Å². The summed E-state index contributed by atoms with van der Waals surface area (Å²) in [6.07, 6.45) is -0.258. The van der Waals surface area contributed by atoms with Crippen molar-refractivity contribution in [2.75, 3.05) is 13.1 Å². The molecule has 5 atom stereocenters. The molecule has 15 nitrogen and oxygen atoms in total. The van der Waals surface area contributed by atoms with E-state index >= 15 is 0 Å². The summed E-state index contributed by atoms with van der Waals surface area (Å²) in [7, 11) is 0. The van der Waals surface area contributed by atoms with Crippen molar-refractivity contribution >= 4 is 35.6 Å². The lowest BCUT2D eigenvalue weighted by atomic mass is 10.1. The molecule has 1 rings (SSSR count). The minimum absolute atomic E-state index is 0.0325. The van der Waals surface area contributed by atoms with Gasteiger partial charge in [0.05, 0.1) is 12.1 Å². The number of carboxylic acid groups (broad SMARTS) is 1. The molecular weight excluding hydrogens is 464 g/mol. The zero-order valence-corrected chi connectivity index (χ0v) is 19.7. The fourth-order valence-electron chi connectivity index (χ4n) is 3.62. The molecular formula is C20H36N8O7. The average molecular weight is 501 g/mol. The number of hydrogen-bond donors (Lipinski definition) is 8. The van der Waals surface area contributed by atoms with Crippen LogP contribution in [0, 0.1) is 0 Å². The highest BCUT2D eigenvalue weighted by molar-refractivity contribution is 5.94. The quantitative estimate of drug-likeness (QED) is 0.0651. The van der Waals surface area contributed by atoms with Crippen molar-refractivity contribution in [1.29, 1.82) is 0 Å². The predicted octanol–water partition coefficient (Wildman–Crippen LogP) is -3.94. The molecule has 0 aliphatic carbocycles. The van der Waals surface area contributed by atoms with Crippen LogP contribution in [-0.2, 0) is 24.0 Å². The Morgan fingerprint density at radius 3 is 2.31 bits per heavy atom. The van der Waals surface area contributed by atoms with Gasteiger partial charge < -0.3 is 48.7 Å². The molecule has 0 aromatic rings. The molecule has 1 aliphatic rings. The van der Waals surface area contributed by atoms with Crippen LogP contribution >= 0.6 is 0 Å². The Bertz CT molecular complexity index is 815. The van der Waals surface area contributed by atoms with Gasteiger partial charge in [0.25, 0.3) is 0 Å². The summed E-state index contributed by atoms with van der Waals surface area (Å²) in [5, 5.41) is 23.7. The largest absolute Gasteiger partial charge is 0.480 e. The van der Waals surface area contributed by atoms with Crippen LogP contribution < -0.4 is 33.6 Å². The molecule has 35 heavy (non-hydrogen) atoms. The molecule has 0 saturated carbocycles. The van der Waals surface area contributed by atoms with E-state index in [0.717, 1.165) is 0 Å². The second kappa shape index (κ2) is 14.1. The average Bonchev–Trinajstić information content (AvgIpc) is 3.26. The van der Waals surface area contributed by atoms with Crippen molar-refractivity contribution in [2.24, 2.45) is 27.9 Å². The maximum Gasteiger partial charge on any atom is 0.328 e. The van der Waals surface area contributed by atoms with E-state index in [1.807, 2.05) is 0 Å². The number of aliphatic carboxylic acids is 1. The van der Waals surface area contributed by atoms with Gasteiger partial charge in [-0.1, -0.05) is 0 Å². The molecule has 0 bridgehead atoms. The number of aliphatic hydroxyl groups excluding tert-OH is 1. The minimum atomic E-state index is -1.59. The lowest BCUT2D eigenvalue weighted by molar-refractivity contribution is -0.145. The maximum absolute atomic E-state index is 13.0. The Morgan fingerprint density at radius 2 is 1.77 bits per heavy atom. The zero-order chi connectivity index (χ0) is 26.7. The van der Waals surface area contributed by atoms with Crippen LogP contribution in [0.5, 0.6) is 0 Å². The molecule has 1 fully saturated rings. The van der Waals surface area contributed by atoms with Crippen LogP contribution in [0.15, 0.2) is 4.99 Å². The minimum Gasteiger partial charge on any atom is -0.480 e. The van der Waals surface area contributed by atoms with Gasteiger partial charge in [-0.2, -0.15) is 0 Å². The van der Waals surface area contributed by atoms with Crippen molar-refractivity contribution < 1.29 is 34.2 Å². The van der Waals surface area contributed by atoms with Crippen LogP contribution in [0.1, 0.15) is 45.4 Å². The number of primary amides is 1. The zero-order valence-electron chi connectivity index (χ0n) is 19.7. The highest BCUT2D eigenvalue weighted by Gasteiger charge is 2.38. The first-order valence-electron chi connectivity index (χ1n) is 11.3. The second-order valence-corrected chi connectivity index (χ2v) is 8.38. The van der Waals surface area contributed by atoms with Gasteiger partial charge in [-0.3, -0.25) is 24.2 Å². The number of nitrogens with one attached hydrogen (secondary N) is 2. The van der Waals surface area contributed by atoms with Gasteiger partial charge in [0.15, 0.2) is 12.0 Å². The summed E-state index contributed by atoms with van der Waals surface area (Å²) in [4.78, 5) is 66.0. The van der Waals surface area contributed by atoms with Crippen molar-refractivity contribution in [1.82, 2.24) is 15.5 Å². The molecule has 12 N–H and O–H groups in total. The normalized spacial score (nSPS) is 18.6. The van der Waals surface area contributed by atoms with E-state index in [4.69, 9.17) is 22.9 Å². The van der Waals surface area contributed by atoms with Crippen LogP contribution in [0.3, 0.4) is 0 Å². The molecule has 0 spiro atoms. The predicted molar refractivity (Wildman–Crippen MR) is 124 cm³/mol. The number of carbonyl (C=O) groups is 5. The third-order valence-corrected chi connectivity index (χ3v) is 5.48. The van der Waals surface area contributed by atoms with E-state index in [2.05, 4.69) is 15.6 Å². The van der Waals surface area contributed by atoms with Crippen LogP contribution in [0.2, 0.25) is 0 Å². The Morgan fingerprint density at radius 1 is 1.11 bits per heavy atom. The number of aliphatic hydroxyl groups is 1. The monoisotopic (exact) mass is 500 g/mol. The van der Waals surface area contributed by atoms with E-state index < -0.39 is 59.9 Å². The number of aliphatic imine (C=N–C) groups is 1. The Kier molecular flexibility index (Phi) is 11.9. The van der Waals surface area contributed by atoms with Crippen LogP contribution in [-0.4, -0.2) is 94.0 Å². The number of carbonyl (C=O) groups excluding carboxylic acids is 4. The number of guanidine groups is 1. The third kappa shape index (κ3) is 9.74. The Labute approximate surface area is 202 Å². The molecule has 4 amide bonds. The van der Waals surface area contributed by atoms with E-state index in [9.17, 15) is 34.2 Å². The molecule has 1 heterocycles. The highest BCUT2D eigenvalue weighted by atomic mass is 16.4. The molecule has 1 aliphatic heterocycles. The molecule has 0 aromatic carbocycles. The smallest absolute Gasteiger partial charge is 0.328 e. The summed E-state index contributed by atoms with van der Waals surface area (Å²) in [6, 6.07) is -4.69. The molecule has 0 radical (unpaired) electrons. The third-order valence-electron chi connectivity index (χ3n) is 5.48. The Balaban J connectivity index is 2.94. The van der Waals surface area contributed by atoms with Gasteiger partial charge in [-0.25, -0.2) is 4.79 Å². The molecule has 5 unspecified atom stereocenters. The van der Waals surface area contributed by atoms with Crippen molar-refractivity contribution in [3.63, 3.8) is 0 Å². The summed E-state index contributed by atoms with van der Waals surface area (Å²) in [5.74, 6) is -4.17. The first-order chi connectivity index (χ1) is 16.3. The van der Waals surface area contributed by atoms with Crippen LogP contribution in [0.4, 0.5) is 0 Å². The number of likely N-dealkylation sites (tertiary alicyclic amines) is 1. The van der Waals surface area contributed by atoms with E-state index in [0.29, 0.717) is 12.8 Å². The number of amides is 4. The number of nitrogens with zero attached hydrogens (tertiary/aromatic N) is 2. The maximum atomic E-state index is 13.0. The number of nitrogens with two attached hydrogens (primary N) is 4. The van der Waals surface area contributed by atoms with Crippen molar-refractivity contribution in [2.45, 2.75) is 75.7 Å². The molecule has 15 heteroatoms. The molecule has 0 aromatic heterocycles. The van der Waals surface area contributed by atoms with E-state index in [1.165, 1.54) is 11.8 Å². The second-order valence-electron chi connectivity index (χ2n) is 8.38. The van der Waals surface area contributed by atoms with Gasteiger partial charge in [-0.15, -0.1) is 0 Å². The topological polar surface area (TPSA) is 270 Å². The van der Waals surface area contributed by atoms with Crippen molar-refractivity contribution in [3.05, 3.63) is 0 Å². The lowest BCUT2D eigenvalue weighted by Crippen LogP contribution is -2.57. The fraction of sp³-hybridized carbons (Fsp3) is 0.700. The fourth-order valence-corrected chi connectivity index (χ4v) is 3.62. The SMILES string of the molecule is CC(O)C(NC(=O)C(CCCN=C(N)N)NC(=O)C1CCCN1C(=O)C(N)CCC(N)=O)C(=O)O. The molecule has 1 saturated heterocycles. The summed E-state index contributed by atoms with van der Waals surface area (Å²) in [5.41, 5.74) is 21.5. The first-order valence-corrected chi connectivity index (χ1v) is 11.3. The summed E-state index contributed by atoms with van der Waals surface area (Å²) < 4.78 is 0. The number of rotatable bonds is 14. The van der Waals surface area contributed by atoms with Crippen LogP contribution in [0.25, 0.3) is 0 Å². The highest BCUT2D eigenvalue weighted by Crippen LogP contribution is 2.19. The molecule has 198 valence electrons. The van der Waals surface area contributed by atoms with Crippen molar-refractivity contribution in [3.8, 4) is 0 Å². The van der Waals surface area contributed by atoms with Gasteiger partial charge in [-0.05, 0) is 39.0 Å². The number of hydrogen-bond acceptors (Lipinski definition) is 8. The Hall–Kier alpha value is -3.46. The summed E-state index contributed by atoms with van der Waals surface area (Å²) >= 11 is 0. The van der Waals surface area contributed by atoms with Gasteiger partial charge in [0.1, 0.15) is 12.1 Å². The van der Waals surface area contributed by atoms with Gasteiger partial charge >= 0.3 is 5.97 Å². The lowest BCUT2D eigenvalue weighted by Gasteiger charge is -2.28. The van der Waals surface area contributed by atoms with E-state index in [-0.39, 0.29) is 44.7 Å². The standard InChI is InChI=1S/C20H36N8O7/c1-10(29)15(19(34)35)27-16(31)12(4-2-8-25-20(23)24)26-17(32)13-5-3-9-28(13)18(33)11(21)6-7-14(22)30/h10-13,15,29H,2-9,21H2,1H3,(H2,22,30)(H,26,32)(H,27,31)(H,34,35)(H4,23,24,25). The number of carboxylic acids is 1. The summed E-state index contributed by atoms with van der Waals surface area (Å²) in [6.45, 7) is 1.63. The first kappa shape index (κ1) is 29.6. The van der Waals surface area contributed by atoms with E-state index in [1.54, 1.807) is 0 Å². The van der Waals surface area contributed by atoms with Gasteiger partial charge in [0, 0.05) is 19.5 Å².